The zero-order valence-electron chi connectivity index (χ0n) is 13.7. The number of fused-ring (bicyclic) bond motifs is 1. The molecule has 6 heteroatoms. The molecule has 0 amide bonds. The van der Waals surface area contributed by atoms with E-state index in [0.29, 0.717) is 10.7 Å². The molecule has 25 heavy (non-hydrogen) atoms. The lowest BCUT2D eigenvalue weighted by atomic mass is 10.1. The first kappa shape index (κ1) is 15.5. The number of nitrogens with one attached hydrogen (secondary N) is 1. The molecule has 2 N–H and O–H groups in total. The Labute approximate surface area is 146 Å². The Morgan fingerprint density at radius 2 is 1.64 bits per heavy atom. The second-order valence-electron chi connectivity index (χ2n) is 5.97. The van der Waals surface area contributed by atoms with Crippen molar-refractivity contribution in [3.63, 3.8) is 0 Å². The number of aromatic amines is 1. The van der Waals surface area contributed by atoms with Crippen LogP contribution in [0.25, 0.3) is 11.9 Å². The van der Waals surface area contributed by atoms with Gasteiger partial charge in [0.15, 0.2) is 5.82 Å². The third kappa shape index (κ3) is 2.92. The Kier molecular flexibility index (Phi) is 3.62. The van der Waals surface area contributed by atoms with E-state index in [1.54, 1.807) is 6.08 Å². The van der Waals surface area contributed by atoms with Crippen LogP contribution < -0.4 is 26.0 Å². The van der Waals surface area contributed by atoms with Gasteiger partial charge in [0.05, 0.1) is 15.6 Å². The van der Waals surface area contributed by atoms with Crippen molar-refractivity contribution in [2.45, 2.75) is 13.8 Å². The molecule has 0 saturated heterocycles. The van der Waals surface area contributed by atoms with Crippen LogP contribution >= 0.6 is 11.3 Å². The van der Waals surface area contributed by atoms with Crippen molar-refractivity contribution in [2.24, 2.45) is 9.98 Å². The molecule has 2 aromatic carbocycles. The van der Waals surface area contributed by atoms with Crippen LogP contribution in [0.1, 0.15) is 16.0 Å². The number of aryl methyl sites for hydroxylation is 2. The molecule has 1 aliphatic heterocycles. The maximum absolute atomic E-state index is 11.2. The zero-order valence-corrected chi connectivity index (χ0v) is 14.5. The largest absolute Gasteiger partial charge is 0.493 e. The molecule has 0 fully saturated rings. The van der Waals surface area contributed by atoms with Gasteiger partial charge in [-0.2, -0.15) is 0 Å². The van der Waals surface area contributed by atoms with Gasteiger partial charge < -0.3 is 5.11 Å². The van der Waals surface area contributed by atoms with E-state index in [2.05, 4.69) is 40.9 Å². The third-order valence-electron chi connectivity index (χ3n) is 4.17. The fourth-order valence-corrected chi connectivity index (χ4v) is 3.35. The number of nitrogens with zero attached hydrogens (tertiary/aromatic N) is 2. The van der Waals surface area contributed by atoms with Crippen molar-refractivity contribution in [1.82, 2.24) is 4.98 Å². The smallest absolute Gasteiger partial charge is 0.307 e. The molecule has 0 aliphatic carbocycles. The van der Waals surface area contributed by atoms with Gasteiger partial charge in [-0.15, -0.1) is 0 Å². The lowest BCUT2D eigenvalue weighted by molar-refractivity contribution is 0.455. The number of hydrogen-bond donors (Lipinski definition) is 2. The summed E-state index contributed by atoms with van der Waals surface area (Å²) in [4.78, 5) is 23.1. The van der Waals surface area contributed by atoms with Gasteiger partial charge in [0, 0.05) is 5.22 Å². The first-order valence-corrected chi connectivity index (χ1v) is 8.60. The molecule has 0 atom stereocenters. The van der Waals surface area contributed by atoms with E-state index in [4.69, 9.17) is 0 Å². The number of aromatic hydroxyl groups is 1. The summed E-state index contributed by atoms with van der Waals surface area (Å²) in [6.07, 6.45) is 1.76. The van der Waals surface area contributed by atoms with E-state index in [0.717, 1.165) is 32.5 Å². The molecule has 0 radical (unpaired) electrons. The fraction of sp³-hybridized carbons (Fsp3) is 0.105. The normalized spacial score (nSPS) is 12.5. The monoisotopic (exact) mass is 349 g/mol. The van der Waals surface area contributed by atoms with Crippen LogP contribution in [0.15, 0.2) is 51.2 Å². The van der Waals surface area contributed by atoms with E-state index in [-0.39, 0.29) is 10.8 Å². The average molecular weight is 349 g/mol. The molecule has 0 unspecified atom stereocenters. The number of benzene rings is 2. The lowest BCUT2D eigenvalue weighted by Gasteiger charge is -1.94. The molecule has 1 aromatic heterocycles. The van der Waals surface area contributed by atoms with Crippen LogP contribution in [0.4, 0.5) is 0 Å². The second-order valence-corrected chi connectivity index (χ2v) is 6.98. The summed E-state index contributed by atoms with van der Waals surface area (Å²) in [5, 5.41) is 13.3. The van der Waals surface area contributed by atoms with Gasteiger partial charge in [-0.3, -0.25) is 9.78 Å². The maximum atomic E-state index is 11.2. The molecular weight excluding hydrogens is 334 g/mol. The number of hydrogen-bond acceptors (Lipinski definition) is 5. The Morgan fingerprint density at radius 3 is 2.16 bits per heavy atom. The van der Waals surface area contributed by atoms with Crippen LogP contribution in [0, 0.1) is 13.8 Å². The average Bonchev–Trinajstić information content (AvgIpc) is 3.11. The zero-order chi connectivity index (χ0) is 17.6. The fourth-order valence-electron chi connectivity index (χ4n) is 2.66. The molecule has 0 saturated carbocycles. The summed E-state index contributed by atoms with van der Waals surface area (Å²) in [6.45, 7) is 4.14. The standard InChI is InChI=1S/C19H15N3O2S/c1-10-7-14-15(8-11(10)2)21-17(20-14)13-5-3-12(4-6-13)9-16-18(23)22-19(24)25-16/h3-9,23H,1-2H3,(H,22,24). The quantitative estimate of drug-likeness (QED) is 0.675. The molecule has 124 valence electrons. The topological polar surface area (TPSA) is 77.8 Å². The summed E-state index contributed by atoms with van der Waals surface area (Å²) < 4.78 is 0. The van der Waals surface area contributed by atoms with Crippen LogP contribution in [0.2, 0.25) is 0 Å². The van der Waals surface area contributed by atoms with Crippen molar-refractivity contribution in [3.8, 4) is 5.88 Å². The minimum Gasteiger partial charge on any atom is -0.493 e. The Hall–Kier alpha value is -2.99. The van der Waals surface area contributed by atoms with Crippen molar-refractivity contribution in [2.75, 3.05) is 0 Å². The minimum atomic E-state index is -0.275. The molecule has 4 rings (SSSR count). The van der Waals surface area contributed by atoms with Crippen LogP contribution in [-0.4, -0.2) is 10.1 Å². The van der Waals surface area contributed by atoms with E-state index in [1.165, 1.54) is 11.1 Å². The van der Waals surface area contributed by atoms with Crippen LogP contribution in [-0.2, 0) is 0 Å². The molecule has 0 spiro atoms. The van der Waals surface area contributed by atoms with Crippen LogP contribution in [0.3, 0.4) is 0 Å². The minimum absolute atomic E-state index is 0.101. The first-order valence-electron chi connectivity index (χ1n) is 7.78. The van der Waals surface area contributed by atoms with Gasteiger partial charge in [-0.05, 0) is 48.4 Å². The van der Waals surface area contributed by atoms with E-state index < -0.39 is 0 Å². The van der Waals surface area contributed by atoms with E-state index >= 15 is 0 Å². The highest BCUT2D eigenvalue weighted by Crippen LogP contribution is 2.15. The number of thiazole rings is 1. The van der Waals surface area contributed by atoms with Gasteiger partial charge >= 0.3 is 4.87 Å². The van der Waals surface area contributed by atoms with Gasteiger partial charge in [-0.25, -0.2) is 9.98 Å². The Balaban J connectivity index is 1.81. The van der Waals surface area contributed by atoms with E-state index in [1.807, 2.05) is 24.3 Å². The van der Waals surface area contributed by atoms with Gasteiger partial charge in [-0.1, -0.05) is 35.6 Å². The van der Waals surface area contributed by atoms with Crippen molar-refractivity contribution in [1.29, 1.82) is 0 Å². The predicted molar refractivity (Wildman–Crippen MR) is 97.5 cm³/mol. The molecule has 1 aliphatic rings. The van der Waals surface area contributed by atoms with Crippen molar-refractivity contribution < 1.29 is 5.11 Å². The summed E-state index contributed by atoms with van der Waals surface area (Å²) in [7, 11) is 0. The lowest BCUT2D eigenvalue weighted by Crippen LogP contribution is -2.22. The number of H-pyrrole nitrogens is 1. The predicted octanol–water partition coefficient (Wildman–Crippen LogP) is 0.606. The third-order valence-corrected chi connectivity index (χ3v) is 4.99. The van der Waals surface area contributed by atoms with Crippen molar-refractivity contribution >= 4 is 23.2 Å². The summed E-state index contributed by atoms with van der Waals surface area (Å²) in [6, 6.07) is 11.8. The summed E-state index contributed by atoms with van der Waals surface area (Å²) in [5.74, 6) is 0.594. The second kappa shape index (κ2) is 5.82. The van der Waals surface area contributed by atoms with E-state index in [9.17, 15) is 9.90 Å². The van der Waals surface area contributed by atoms with Gasteiger partial charge in [0.2, 0.25) is 5.88 Å². The number of aromatic nitrogens is 1. The highest BCUT2D eigenvalue weighted by Gasteiger charge is 2.05. The Morgan fingerprint density at radius 1 is 1.04 bits per heavy atom. The highest BCUT2D eigenvalue weighted by atomic mass is 32.1. The van der Waals surface area contributed by atoms with Gasteiger partial charge in [0.1, 0.15) is 0 Å². The Bertz CT molecular complexity index is 1230. The first-order chi connectivity index (χ1) is 12.0. The van der Waals surface area contributed by atoms with Crippen molar-refractivity contribution in [3.05, 3.63) is 83.2 Å². The molecule has 0 bridgehead atoms. The molecular formula is C19H15N3O2S. The maximum Gasteiger partial charge on any atom is 0.307 e. The molecule has 2 heterocycles. The summed E-state index contributed by atoms with van der Waals surface area (Å²) in [5.41, 5.74) is 2.41. The number of rotatable bonds is 1. The molecule has 5 nitrogen and oxygen atoms in total. The highest BCUT2D eigenvalue weighted by molar-refractivity contribution is 7.10. The van der Waals surface area contributed by atoms with Gasteiger partial charge in [0.25, 0.3) is 0 Å². The van der Waals surface area contributed by atoms with Crippen LogP contribution in [0.5, 0.6) is 5.88 Å². The molecule has 3 aromatic rings. The SMILES string of the molecule is Cc1cc2c(cc1C)=NC(=c1ccc(=Cc3sc(=O)[nH]c3O)cc1)N=2. The summed E-state index contributed by atoms with van der Waals surface area (Å²) >= 11 is 0.974.